The van der Waals surface area contributed by atoms with Gasteiger partial charge in [-0.15, -0.1) is 0 Å². The topological polar surface area (TPSA) is 54.4 Å². The van der Waals surface area contributed by atoms with E-state index in [0.29, 0.717) is 12.8 Å². The Balaban J connectivity index is 2.58. The summed E-state index contributed by atoms with van der Waals surface area (Å²) in [7, 11) is -5.24. The quantitative estimate of drug-likeness (QED) is 0.755. The maximum absolute atomic E-state index is 12.9. The summed E-state index contributed by atoms with van der Waals surface area (Å²) in [5.74, 6) is -0.277. The van der Waals surface area contributed by atoms with E-state index in [1.807, 2.05) is 0 Å². The minimum atomic E-state index is -5.24. The third-order valence-electron chi connectivity index (χ3n) is 2.63. The molecule has 0 aromatic rings. The van der Waals surface area contributed by atoms with Crippen LogP contribution in [0.1, 0.15) is 38.5 Å². The Bertz CT molecular complexity index is 281. The third kappa shape index (κ3) is 2.88. The normalized spacial score (nSPS) is 21.1. The summed E-state index contributed by atoms with van der Waals surface area (Å²) in [6, 6.07) is 0. The van der Waals surface area contributed by atoms with Gasteiger partial charge in [-0.25, -0.2) is 0 Å². The van der Waals surface area contributed by atoms with E-state index in [1.165, 1.54) is 0 Å². The van der Waals surface area contributed by atoms with Crippen LogP contribution in [-0.4, -0.2) is 18.2 Å². The molecule has 0 unspecified atom stereocenters. The van der Waals surface area contributed by atoms with Crippen LogP contribution >= 0.6 is 0 Å². The molecule has 1 aliphatic rings. The highest BCUT2D eigenvalue weighted by molar-refractivity contribution is 7.86. The zero-order chi connectivity index (χ0) is 10.8. The fourth-order valence-electron chi connectivity index (χ4n) is 1.83. The molecule has 3 nitrogen and oxygen atoms in total. The highest BCUT2D eigenvalue weighted by atomic mass is 32.2. The van der Waals surface area contributed by atoms with E-state index in [2.05, 4.69) is 0 Å². The van der Waals surface area contributed by atoms with Crippen molar-refractivity contribution in [3.8, 4) is 0 Å². The Morgan fingerprint density at radius 3 is 2.14 bits per heavy atom. The van der Waals surface area contributed by atoms with Crippen LogP contribution in [-0.2, 0) is 10.1 Å². The Hall–Kier alpha value is -0.230. The van der Waals surface area contributed by atoms with Crippen LogP contribution in [0.5, 0.6) is 0 Å². The Labute approximate surface area is 82.2 Å². The Kier molecular flexibility index (Phi) is 3.47. The van der Waals surface area contributed by atoms with Crippen LogP contribution < -0.4 is 0 Å². The zero-order valence-corrected chi connectivity index (χ0v) is 8.56. The van der Waals surface area contributed by atoms with Gasteiger partial charge < -0.3 is 0 Å². The van der Waals surface area contributed by atoms with E-state index >= 15 is 0 Å². The van der Waals surface area contributed by atoms with Crippen molar-refractivity contribution in [2.24, 2.45) is 5.92 Å². The van der Waals surface area contributed by atoms with Crippen LogP contribution in [0.4, 0.5) is 8.78 Å². The van der Waals surface area contributed by atoms with Gasteiger partial charge in [0.1, 0.15) is 0 Å². The highest BCUT2D eigenvalue weighted by Crippen LogP contribution is 2.35. The maximum atomic E-state index is 12.9. The van der Waals surface area contributed by atoms with Gasteiger partial charge in [0.05, 0.1) is 0 Å². The molecule has 6 heteroatoms. The number of rotatable bonds is 3. The first kappa shape index (κ1) is 11.8. The highest BCUT2D eigenvalue weighted by Gasteiger charge is 2.45. The Morgan fingerprint density at radius 2 is 1.71 bits per heavy atom. The van der Waals surface area contributed by atoms with E-state index < -0.39 is 21.8 Å². The molecule has 1 N–H and O–H groups in total. The van der Waals surface area contributed by atoms with Crippen LogP contribution in [0, 0.1) is 5.92 Å². The lowest BCUT2D eigenvalue weighted by molar-refractivity contribution is 0.0460. The van der Waals surface area contributed by atoms with Crippen molar-refractivity contribution < 1.29 is 21.8 Å². The first-order valence-corrected chi connectivity index (χ1v) is 6.12. The predicted molar refractivity (Wildman–Crippen MR) is 47.7 cm³/mol. The fraction of sp³-hybridized carbons (Fsp3) is 1.00. The molecule has 0 amide bonds. The van der Waals surface area contributed by atoms with Gasteiger partial charge in [-0.05, 0) is 5.92 Å². The lowest BCUT2D eigenvalue weighted by Gasteiger charge is -2.24. The van der Waals surface area contributed by atoms with Gasteiger partial charge in [0.2, 0.25) is 0 Å². The van der Waals surface area contributed by atoms with Crippen molar-refractivity contribution in [3.05, 3.63) is 0 Å². The molecule has 1 fully saturated rings. The number of alkyl halides is 2. The average molecular weight is 228 g/mol. The van der Waals surface area contributed by atoms with E-state index in [0.717, 1.165) is 19.3 Å². The van der Waals surface area contributed by atoms with Gasteiger partial charge in [0, 0.05) is 6.42 Å². The van der Waals surface area contributed by atoms with Crippen molar-refractivity contribution in [1.82, 2.24) is 0 Å². The summed E-state index contributed by atoms with van der Waals surface area (Å²) in [4.78, 5) is 0. The lowest BCUT2D eigenvalue weighted by atomic mass is 9.87. The summed E-state index contributed by atoms with van der Waals surface area (Å²) in [6.45, 7) is 0. The van der Waals surface area contributed by atoms with Crippen molar-refractivity contribution >= 4 is 10.1 Å². The molecule has 0 spiro atoms. The largest absolute Gasteiger partial charge is 0.370 e. The molecule has 1 saturated carbocycles. The molecule has 0 radical (unpaired) electrons. The molecule has 0 heterocycles. The van der Waals surface area contributed by atoms with Gasteiger partial charge in [0.15, 0.2) is 0 Å². The monoisotopic (exact) mass is 228 g/mol. The van der Waals surface area contributed by atoms with Gasteiger partial charge >= 0.3 is 15.4 Å². The first-order chi connectivity index (χ1) is 6.33. The number of hydrogen-bond donors (Lipinski definition) is 1. The lowest BCUT2D eigenvalue weighted by Crippen LogP contribution is -2.31. The van der Waals surface area contributed by atoms with Gasteiger partial charge in [-0.1, -0.05) is 32.1 Å². The standard InChI is InChI=1S/C8H14F2O3S/c9-8(10,14(11,12)13)6-7-4-2-1-3-5-7/h7H,1-6H2,(H,11,12,13). The molecule has 0 aliphatic heterocycles. The molecule has 0 aromatic carbocycles. The summed E-state index contributed by atoms with van der Waals surface area (Å²) < 4.78 is 54.7. The second kappa shape index (κ2) is 4.10. The van der Waals surface area contributed by atoms with E-state index in [9.17, 15) is 17.2 Å². The average Bonchev–Trinajstić information content (AvgIpc) is 2.03. The summed E-state index contributed by atoms with van der Waals surface area (Å²) in [6.07, 6.45) is 3.27. The van der Waals surface area contributed by atoms with Gasteiger partial charge in [0.25, 0.3) is 0 Å². The smallest absolute Gasteiger partial charge is 0.281 e. The van der Waals surface area contributed by atoms with Crippen LogP contribution in [0.25, 0.3) is 0 Å². The van der Waals surface area contributed by atoms with Crippen LogP contribution in [0.15, 0.2) is 0 Å². The number of halogens is 2. The van der Waals surface area contributed by atoms with Gasteiger partial charge in [-0.2, -0.15) is 17.2 Å². The van der Waals surface area contributed by atoms with Crippen molar-refractivity contribution in [1.29, 1.82) is 0 Å². The summed E-state index contributed by atoms with van der Waals surface area (Å²) in [5, 5.41) is -3.98. The molecule has 14 heavy (non-hydrogen) atoms. The first-order valence-electron chi connectivity index (χ1n) is 4.68. The molecule has 0 bridgehead atoms. The Morgan fingerprint density at radius 1 is 1.21 bits per heavy atom. The zero-order valence-electron chi connectivity index (χ0n) is 7.75. The predicted octanol–water partition coefficient (Wildman–Crippen LogP) is 2.44. The van der Waals surface area contributed by atoms with Crippen LogP contribution in [0.3, 0.4) is 0 Å². The third-order valence-corrected chi connectivity index (χ3v) is 3.55. The molecule has 1 aliphatic carbocycles. The number of hydrogen-bond acceptors (Lipinski definition) is 2. The van der Waals surface area contributed by atoms with E-state index in [1.54, 1.807) is 0 Å². The molecule has 0 saturated heterocycles. The second-order valence-corrected chi connectivity index (χ2v) is 5.37. The van der Waals surface area contributed by atoms with Crippen molar-refractivity contribution in [2.75, 3.05) is 0 Å². The summed E-state index contributed by atoms with van der Waals surface area (Å²) in [5.41, 5.74) is 0. The SMILES string of the molecule is O=S(=O)(O)C(F)(F)CC1CCCCC1. The van der Waals surface area contributed by atoms with E-state index in [-0.39, 0.29) is 5.92 Å². The van der Waals surface area contributed by atoms with Gasteiger partial charge in [-0.3, -0.25) is 4.55 Å². The minimum absolute atomic E-state index is 0.277. The minimum Gasteiger partial charge on any atom is -0.281 e. The maximum Gasteiger partial charge on any atom is 0.370 e. The van der Waals surface area contributed by atoms with E-state index in [4.69, 9.17) is 4.55 Å². The summed E-state index contributed by atoms with van der Waals surface area (Å²) >= 11 is 0. The molecule has 0 atom stereocenters. The molecule has 84 valence electrons. The molecule has 0 aromatic heterocycles. The molecular weight excluding hydrogens is 214 g/mol. The van der Waals surface area contributed by atoms with Crippen molar-refractivity contribution in [2.45, 2.75) is 43.8 Å². The second-order valence-electron chi connectivity index (χ2n) is 3.82. The molecule has 1 rings (SSSR count). The fourth-order valence-corrected chi connectivity index (χ4v) is 2.28. The molecular formula is C8H14F2O3S. The van der Waals surface area contributed by atoms with Crippen LogP contribution in [0.2, 0.25) is 0 Å². The van der Waals surface area contributed by atoms with Crippen molar-refractivity contribution in [3.63, 3.8) is 0 Å².